The fourth-order valence-corrected chi connectivity index (χ4v) is 5.69. The van der Waals surface area contributed by atoms with Crippen molar-refractivity contribution in [2.24, 2.45) is 0 Å². The molecule has 1 aromatic heterocycles. The fraction of sp³-hybridized carbons (Fsp3) is 0.233. The molecule has 4 aromatic rings. The summed E-state index contributed by atoms with van der Waals surface area (Å²) in [6, 6.07) is 26.1. The number of rotatable bonds is 9. The smallest absolute Gasteiger partial charge is 0.269 e. The number of piperazine rings is 1. The molecule has 1 saturated heterocycles. The number of anilines is 2. The number of amides is 1. The highest BCUT2D eigenvalue weighted by atomic mass is 35.5. The van der Waals surface area contributed by atoms with Crippen LogP contribution in [0.15, 0.2) is 90.1 Å². The van der Waals surface area contributed by atoms with E-state index in [0.29, 0.717) is 54.3 Å². The first-order valence-electron chi connectivity index (χ1n) is 13.2. The Morgan fingerprint density at radius 1 is 0.951 bits per heavy atom. The zero-order valence-electron chi connectivity index (χ0n) is 22.5. The Morgan fingerprint density at radius 3 is 2.37 bits per heavy atom. The highest BCUT2D eigenvalue weighted by Crippen LogP contribution is 2.26. The van der Waals surface area contributed by atoms with Crippen molar-refractivity contribution in [1.29, 1.82) is 0 Å². The van der Waals surface area contributed by atoms with Gasteiger partial charge in [-0.05, 0) is 35.4 Å². The van der Waals surface area contributed by atoms with E-state index in [-0.39, 0.29) is 11.6 Å². The van der Waals surface area contributed by atoms with E-state index >= 15 is 0 Å². The van der Waals surface area contributed by atoms with Gasteiger partial charge in [-0.15, -0.1) is 0 Å². The van der Waals surface area contributed by atoms with Crippen molar-refractivity contribution in [3.63, 3.8) is 0 Å². The number of benzene rings is 3. The molecular formula is C30H29ClN6O3S. The molecule has 1 aliphatic heterocycles. The molecule has 0 radical (unpaired) electrons. The van der Waals surface area contributed by atoms with Gasteiger partial charge in [0.1, 0.15) is 11.0 Å². The number of carbonyl (C=O) groups is 1. The second-order valence-corrected chi connectivity index (χ2v) is 11.0. The maximum atomic E-state index is 13.3. The van der Waals surface area contributed by atoms with Crippen LogP contribution in [-0.2, 0) is 12.3 Å². The number of nitrogens with zero attached hydrogens (tertiary/aromatic N) is 6. The van der Waals surface area contributed by atoms with E-state index < -0.39 is 4.92 Å². The Hall–Kier alpha value is -4.15. The number of nitro groups is 1. The minimum Gasteiger partial charge on any atom is -0.368 e. The molecular weight excluding hydrogens is 560 g/mol. The second kappa shape index (κ2) is 13.0. The first-order valence-corrected chi connectivity index (χ1v) is 14.5. The van der Waals surface area contributed by atoms with Gasteiger partial charge in [0, 0.05) is 75.0 Å². The summed E-state index contributed by atoms with van der Waals surface area (Å²) in [6.45, 7) is 3.16. The van der Waals surface area contributed by atoms with Crippen LogP contribution in [0.2, 0.25) is 5.15 Å². The second-order valence-electron chi connectivity index (χ2n) is 9.71. The van der Waals surface area contributed by atoms with Gasteiger partial charge < -0.3 is 14.7 Å². The monoisotopic (exact) mass is 588 g/mol. The summed E-state index contributed by atoms with van der Waals surface area (Å²) < 4.78 is 0. The summed E-state index contributed by atoms with van der Waals surface area (Å²) in [5.41, 5.74) is 3.79. The van der Waals surface area contributed by atoms with Gasteiger partial charge in [0.05, 0.1) is 4.92 Å². The summed E-state index contributed by atoms with van der Waals surface area (Å²) in [7, 11) is 1.97. The van der Waals surface area contributed by atoms with Gasteiger partial charge >= 0.3 is 0 Å². The molecule has 3 aromatic carbocycles. The number of carbonyl (C=O) groups excluding carboxylic acids is 1. The third-order valence-corrected chi connectivity index (χ3v) is 7.96. The number of nitro benzene ring substituents is 1. The average Bonchev–Trinajstić information content (AvgIpc) is 3.00. The van der Waals surface area contributed by atoms with Crippen molar-refractivity contribution in [2.75, 3.05) is 43.0 Å². The molecule has 11 heteroatoms. The molecule has 1 amide bonds. The van der Waals surface area contributed by atoms with Crippen LogP contribution < -0.4 is 9.80 Å². The Morgan fingerprint density at radius 2 is 1.66 bits per heavy atom. The average molecular weight is 589 g/mol. The minimum atomic E-state index is -0.405. The number of thioether (sulfide) groups is 1. The number of halogens is 1. The van der Waals surface area contributed by atoms with Crippen LogP contribution in [0.4, 0.5) is 17.2 Å². The van der Waals surface area contributed by atoms with Crippen LogP contribution in [0.5, 0.6) is 0 Å². The van der Waals surface area contributed by atoms with E-state index in [1.165, 1.54) is 29.5 Å². The van der Waals surface area contributed by atoms with Gasteiger partial charge in [-0.2, -0.15) is 0 Å². The SMILES string of the molecule is CN(Cc1ccccc1)c1cc(Cl)nc(SCc2cccc(C(=O)N3CCN(c4ccc([N+](=O)[O-])cc4)CC3)c2)n1. The number of non-ortho nitro benzene ring substituents is 1. The van der Waals surface area contributed by atoms with Gasteiger partial charge in [-0.3, -0.25) is 14.9 Å². The first-order chi connectivity index (χ1) is 19.9. The molecule has 1 aliphatic rings. The fourth-order valence-electron chi connectivity index (χ4n) is 4.66. The van der Waals surface area contributed by atoms with Crippen molar-refractivity contribution >= 4 is 46.5 Å². The maximum absolute atomic E-state index is 13.3. The molecule has 0 bridgehead atoms. The third kappa shape index (κ3) is 7.33. The van der Waals surface area contributed by atoms with Crippen LogP contribution >= 0.6 is 23.4 Å². The summed E-state index contributed by atoms with van der Waals surface area (Å²) in [5.74, 6) is 1.33. The van der Waals surface area contributed by atoms with Crippen LogP contribution in [0.25, 0.3) is 0 Å². The van der Waals surface area contributed by atoms with Crippen LogP contribution in [-0.4, -0.2) is 58.9 Å². The zero-order chi connectivity index (χ0) is 28.8. The van der Waals surface area contributed by atoms with Gasteiger partial charge in [0.15, 0.2) is 5.16 Å². The van der Waals surface area contributed by atoms with Crippen molar-refractivity contribution in [3.8, 4) is 0 Å². The molecule has 2 heterocycles. The zero-order valence-corrected chi connectivity index (χ0v) is 24.1. The van der Waals surface area contributed by atoms with Gasteiger partial charge in [-0.1, -0.05) is 65.8 Å². The van der Waals surface area contributed by atoms with E-state index in [1.54, 1.807) is 18.2 Å². The van der Waals surface area contributed by atoms with Crippen LogP contribution in [0, 0.1) is 10.1 Å². The number of aromatic nitrogens is 2. The Bertz CT molecular complexity index is 1510. The lowest BCUT2D eigenvalue weighted by Gasteiger charge is -2.36. The van der Waals surface area contributed by atoms with Crippen molar-refractivity contribution in [1.82, 2.24) is 14.9 Å². The summed E-state index contributed by atoms with van der Waals surface area (Å²) >= 11 is 7.80. The highest BCUT2D eigenvalue weighted by Gasteiger charge is 2.23. The molecule has 9 nitrogen and oxygen atoms in total. The minimum absolute atomic E-state index is 0.0102. The lowest BCUT2D eigenvalue weighted by molar-refractivity contribution is -0.384. The predicted molar refractivity (Wildman–Crippen MR) is 163 cm³/mol. The number of hydrogen-bond donors (Lipinski definition) is 0. The number of hydrogen-bond acceptors (Lipinski definition) is 8. The van der Waals surface area contributed by atoms with Crippen LogP contribution in [0.1, 0.15) is 21.5 Å². The largest absolute Gasteiger partial charge is 0.368 e. The van der Waals surface area contributed by atoms with E-state index in [0.717, 1.165) is 17.1 Å². The normalized spacial score (nSPS) is 13.2. The van der Waals surface area contributed by atoms with Crippen molar-refractivity contribution < 1.29 is 9.72 Å². The summed E-state index contributed by atoms with van der Waals surface area (Å²) in [5, 5.41) is 11.9. The van der Waals surface area contributed by atoms with Gasteiger partial charge in [-0.25, -0.2) is 9.97 Å². The molecule has 0 N–H and O–H groups in total. The Balaban J connectivity index is 1.18. The Kier molecular flexibility index (Phi) is 9.01. The van der Waals surface area contributed by atoms with Gasteiger partial charge in [0.2, 0.25) is 0 Å². The highest BCUT2D eigenvalue weighted by molar-refractivity contribution is 7.98. The maximum Gasteiger partial charge on any atom is 0.269 e. The van der Waals surface area contributed by atoms with E-state index in [1.807, 2.05) is 59.3 Å². The lowest BCUT2D eigenvalue weighted by atomic mass is 10.1. The molecule has 0 saturated carbocycles. The topological polar surface area (TPSA) is 95.7 Å². The Labute approximate surface area is 247 Å². The first kappa shape index (κ1) is 28.4. The molecule has 5 rings (SSSR count). The quantitative estimate of drug-likeness (QED) is 0.0780. The van der Waals surface area contributed by atoms with E-state index in [4.69, 9.17) is 16.6 Å². The van der Waals surface area contributed by atoms with E-state index in [9.17, 15) is 14.9 Å². The van der Waals surface area contributed by atoms with Gasteiger partial charge in [0.25, 0.3) is 11.6 Å². The summed E-state index contributed by atoms with van der Waals surface area (Å²) in [4.78, 5) is 38.9. The van der Waals surface area contributed by atoms with Crippen molar-refractivity contribution in [3.05, 3.63) is 117 Å². The molecule has 0 spiro atoms. The molecule has 0 unspecified atom stereocenters. The lowest BCUT2D eigenvalue weighted by Crippen LogP contribution is -2.48. The molecule has 210 valence electrons. The van der Waals surface area contributed by atoms with Crippen molar-refractivity contribution in [2.45, 2.75) is 17.5 Å². The van der Waals surface area contributed by atoms with E-state index in [2.05, 4.69) is 22.0 Å². The molecule has 41 heavy (non-hydrogen) atoms. The molecule has 0 atom stereocenters. The third-order valence-electron chi connectivity index (χ3n) is 6.85. The van der Waals surface area contributed by atoms with Crippen LogP contribution in [0.3, 0.4) is 0 Å². The standard InChI is InChI=1S/C30H29ClN6O3S/c1-34(20-22-6-3-2-4-7-22)28-19-27(31)32-30(33-28)41-21-23-8-5-9-24(18-23)29(38)36-16-14-35(15-17-36)25-10-12-26(13-11-25)37(39)40/h2-13,18-19H,14-17,20-21H2,1H3. The molecule has 0 aliphatic carbocycles. The molecule has 1 fully saturated rings. The predicted octanol–water partition coefficient (Wildman–Crippen LogP) is 5.93. The summed E-state index contributed by atoms with van der Waals surface area (Å²) in [6.07, 6.45) is 0.